The van der Waals surface area contributed by atoms with Crippen LogP contribution in [0.5, 0.6) is 0 Å². The molecule has 0 saturated carbocycles. The largest absolute Gasteiger partial charge is 0.478 e. The lowest BCUT2D eigenvalue weighted by Crippen LogP contribution is -2.11. The number of H-pyrrole nitrogens is 1. The summed E-state index contributed by atoms with van der Waals surface area (Å²) >= 11 is 0. The smallest absolute Gasteiger partial charge is 0.335 e. The van der Waals surface area contributed by atoms with Crippen molar-refractivity contribution in [2.24, 2.45) is 0 Å². The van der Waals surface area contributed by atoms with Gasteiger partial charge in [-0.25, -0.2) is 9.18 Å². The fraction of sp³-hybridized carbons (Fsp3) is 0.0769. The summed E-state index contributed by atoms with van der Waals surface area (Å²) < 4.78 is 13.0. The van der Waals surface area contributed by atoms with Crippen LogP contribution in [0.15, 0.2) is 77.7 Å². The molecular weight excluding hydrogens is 393 g/mol. The summed E-state index contributed by atoms with van der Waals surface area (Å²) in [6.07, 6.45) is 2.57. The maximum absolute atomic E-state index is 13.0. The minimum absolute atomic E-state index is 0.0850. The van der Waals surface area contributed by atoms with E-state index >= 15 is 0 Å². The molecule has 1 heterocycles. The first-order chi connectivity index (χ1) is 15.0. The molecule has 152 valence electrons. The number of carbonyl (C=O) groups is 1. The van der Waals surface area contributed by atoms with Gasteiger partial charge in [0.2, 0.25) is 0 Å². The summed E-state index contributed by atoms with van der Waals surface area (Å²) in [7, 11) is 0. The molecule has 2 N–H and O–H groups in total. The Bertz CT molecular complexity index is 1380. The summed E-state index contributed by atoms with van der Waals surface area (Å²) in [5.41, 5.74) is 3.93. The second kappa shape index (κ2) is 8.68. The molecule has 0 aliphatic carbocycles. The maximum Gasteiger partial charge on any atom is 0.335 e. The zero-order chi connectivity index (χ0) is 21.8. The van der Waals surface area contributed by atoms with Crippen molar-refractivity contribution in [3.63, 3.8) is 0 Å². The first-order valence-electron chi connectivity index (χ1n) is 9.69. The fourth-order valence-corrected chi connectivity index (χ4v) is 3.31. The number of pyridine rings is 1. The van der Waals surface area contributed by atoms with Crippen LogP contribution in [0, 0.1) is 17.7 Å². The third kappa shape index (κ3) is 4.71. The summed E-state index contributed by atoms with van der Waals surface area (Å²) in [5, 5.41) is 9.56. The molecule has 5 heteroatoms. The van der Waals surface area contributed by atoms with E-state index in [4.69, 9.17) is 5.11 Å². The molecule has 0 atom stereocenters. The number of aromatic carboxylic acids is 1. The molecule has 0 unspecified atom stereocenters. The Hall–Kier alpha value is -4.17. The van der Waals surface area contributed by atoms with Crippen LogP contribution in [-0.4, -0.2) is 16.1 Å². The Morgan fingerprint density at radius 2 is 1.68 bits per heavy atom. The van der Waals surface area contributed by atoms with E-state index in [0.29, 0.717) is 23.8 Å². The minimum atomic E-state index is -0.983. The van der Waals surface area contributed by atoms with Crippen LogP contribution < -0.4 is 5.43 Å². The molecule has 0 aliphatic heterocycles. The van der Waals surface area contributed by atoms with Crippen molar-refractivity contribution in [3.8, 4) is 11.8 Å². The van der Waals surface area contributed by atoms with E-state index in [2.05, 4.69) is 16.8 Å². The van der Waals surface area contributed by atoms with Crippen LogP contribution in [0.3, 0.4) is 0 Å². The summed E-state index contributed by atoms with van der Waals surface area (Å²) in [6.45, 7) is 0. The molecule has 0 radical (unpaired) electrons. The number of carboxylic acids is 1. The Morgan fingerprint density at radius 3 is 2.39 bits per heavy atom. The van der Waals surface area contributed by atoms with Gasteiger partial charge in [0.15, 0.2) is 5.43 Å². The number of hydrogen-bond acceptors (Lipinski definition) is 2. The molecular formula is C26H18FNO3. The SMILES string of the molecule is O=C(O)c1ccc(Cc2c[nH]c3ccc(C#CCc4ccc(F)cc4)cc3c2=O)cc1. The second-order valence-corrected chi connectivity index (χ2v) is 7.19. The lowest BCUT2D eigenvalue weighted by atomic mass is 10.0. The fourth-order valence-electron chi connectivity index (χ4n) is 3.31. The second-order valence-electron chi connectivity index (χ2n) is 7.19. The normalized spacial score (nSPS) is 10.5. The van der Waals surface area contributed by atoms with E-state index in [1.54, 1.807) is 36.5 Å². The predicted octanol–water partition coefficient (Wildman–Crippen LogP) is 4.55. The van der Waals surface area contributed by atoms with E-state index in [0.717, 1.165) is 22.2 Å². The summed E-state index contributed by atoms with van der Waals surface area (Å²) in [5.74, 6) is 4.86. The number of carboxylic acid groups (broad SMARTS) is 1. The third-order valence-electron chi connectivity index (χ3n) is 4.99. The van der Waals surface area contributed by atoms with Crippen molar-refractivity contribution in [2.75, 3.05) is 0 Å². The van der Waals surface area contributed by atoms with Gasteiger partial charge >= 0.3 is 5.97 Å². The number of rotatable bonds is 4. The van der Waals surface area contributed by atoms with Crippen molar-refractivity contribution >= 4 is 16.9 Å². The Balaban J connectivity index is 1.58. The molecule has 31 heavy (non-hydrogen) atoms. The first-order valence-corrected chi connectivity index (χ1v) is 9.69. The number of hydrogen-bond donors (Lipinski definition) is 2. The number of nitrogens with one attached hydrogen (secondary N) is 1. The zero-order valence-electron chi connectivity index (χ0n) is 16.5. The van der Waals surface area contributed by atoms with Gasteiger partial charge in [-0.2, -0.15) is 0 Å². The van der Waals surface area contributed by atoms with Crippen LogP contribution >= 0.6 is 0 Å². The first kappa shape index (κ1) is 20.1. The molecule has 0 bridgehead atoms. The molecule has 4 aromatic rings. The highest BCUT2D eigenvalue weighted by atomic mass is 19.1. The standard InChI is InChI=1S/C26H18FNO3/c27-22-11-6-17(7-12-22)2-1-3-18-8-13-24-23(15-18)25(29)21(16-28-24)14-19-4-9-20(10-5-19)26(30)31/h4-13,15-16H,2,14H2,(H,28,29)(H,30,31). The van der Waals surface area contributed by atoms with Crippen molar-refractivity contribution in [1.29, 1.82) is 0 Å². The van der Waals surface area contributed by atoms with E-state index in [1.807, 2.05) is 12.1 Å². The molecule has 0 amide bonds. The van der Waals surface area contributed by atoms with Gasteiger partial charge in [0, 0.05) is 41.1 Å². The Labute approximate surface area is 178 Å². The van der Waals surface area contributed by atoms with Gasteiger partial charge in [-0.05, 0) is 53.6 Å². The van der Waals surface area contributed by atoms with Crippen molar-refractivity contribution in [1.82, 2.24) is 4.98 Å². The van der Waals surface area contributed by atoms with Gasteiger partial charge < -0.3 is 10.1 Å². The van der Waals surface area contributed by atoms with Crippen molar-refractivity contribution < 1.29 is 14.3 Å². The molecule has 0 saturated heterocycles. The average Bonchev–Trinajstić information content (AvgIpc) is 2.78. The van der Waals surface area contributed by atoms with Crippen molar-refractivity contribution in [2.45, 2.75) is 12.8 Å². The molecule has 0 spiro atoms. The number of aromatic amines is 1. The Kier molecular flexibility index (Phi) is 5.63. The van der Waals surface area contributed by atoms with Gasteiger partial charge in [0.1, 0.15) is 5.82 Å². The van der Waals surface area contributed by atoms with Crippen LogP contribution in [0.25, 0.3) is 10.9 Å². The quantitative estimate of drug-likeness (QED) is 0.484. The van der Waals surface area contributed by atoms with Crippen LogP contribution in [0.2, 0.25) is 0 Å². The van der Waals surface area contributed by atoms with Crippen molar-refractivity contribution in [3.05, 3.63) is 117 Å². The third-order valence-corrected chi connectivity index (χ3v) is 4.99. The van der Waals surface area contributed by atoms with E-state index in [9.17, 15) is 14.0 Å². The van der Waals surface area contributed by atoms with Gasteiger partial charge in [-0.1, -0.05) is 36.1 Å². The highest BCUT2D eigenvalue weighted by Gasteiger charge is 2.08. The summed E-state index contributed by atoms with van der Waals surface area (Å²) in [6, 6.07) is 18.1. The van der Waals surface area contributed by atoms with Gasteiger partial charge in [0.25, 0.3) is 0 Å². The topological polar surface area (TPSA) is 70.2 Å². The molecule has 4 nitrogen and oxygen atoms in total. The van der Waals surface area contributed by atoms with Gasteiger partial charge in [-0.3, -0.25) is 4.79 Å². The molecule has 1 aromatic heterocycles. The Morgan fingerprint density at radius 1 is 0.968 bits per heavy atom. The molecule has 3 aromatic carbocycles. The molecule has 0 fully saturated rings. The molecule has 4 rings (SSSR count). The van der Waals surface area contributed by atoms with Gasteiger partial charge in [0.05, 0.1) is 5.56 Å². The predicted molar refractivity (Wildman–Crippen MR) is 118 cm³/mol. The lowest BCUT2D eigenvalue weighted by Gasteiger charge is -2.05. The number of aromatic nitrogens is 1. The highest BCUT2D eigenvalue weighted by Crippen LogP contribution is 2.14. The van der Waals surface area contributed by atoms with Crippen LogP contribution in [0.4, 0.5) is 4.39 Å². The van der Waals surface area contributed by atoms with Crippen LogP contribution in [-0.2, 0) is 12.8 Å². The van der Waals surface area contributed by atoms with Crippen LogP contribution in [0.1, 0.15) is 32.6 Å². The zero-order valence-corrected chi connectivity index (χ0v) is 16.5. The average molecular weight is 411 g/mol. The van der Waals surface area contributed by atoms with Gasteiger partial charge in [-0.15, -0.1) is 0 Å². The lowest BCUT2D eigenvalue weighted by molar-refractivity contribution is 0.0697. The monoisotopic (exact) mass is 411 g/mol. The number of benzene rings is 3. The van der Waals surface area contributed by atoms with E-state index in [1.165, 1.54) is 24.3 Å². The molecule has 0 aliphatic rings. The maximum atomic E-state index is 13.0. The number of fused-ring (bicyclic) bond motifs is 1. The minimum Gasteiger partial charge on any atom is -0.478 e. The van der Waals surface area contributed by atoms with E-state index < -0.39 is 5.97 Å². The number of halogens is 1. The van der Waals surface area contributed by atoms with E-state index in [-0.39, 0.29) is 16.8 Å². The highest BCUT2D eigenvalue weighted by molar-refractivity contribution is 5.87. The summed E-state index contributed by atoms with van der Waals surface area (Å²) in [4.78, 5) is 27.1.